The molecule has 1 atom stereocenters. The second-order valence-electron chi connectivity index (χ2n) is 4.09. The minimum Gasteiger partial charge on any atom is -0.343 e. The summed E-state index contributed by atoms with van der Waals surface area (Å²) in [6, 6.07) is 0.432. The molecule has 0 radical (unpaired) electrons. The maximum absolute atomic E-state index is 11.1. The first-order valence-electron chi connectivity index (χ1n) is 6.91. The second kappa shape index (κ2) is 10.4. The van der Waals surface area contributed by atoms with Crippen molar-refractivity contribution in [3.8, 4) is 0 Å². The van der Waals surface area contributed by atoms with Crippen LogP contribution in [0.25, 0.3) is 0 Å². The van der Waals surface area contributed by atoms with E-state index in [9.17, 15) is 4.79 Å². The van der Waals surface area contributed by atoms with Crippen molar-refractivity contribution < 1.29 is 4.79 Å². The van der Waals surface area contributed by atoms with Gasteiger partial charge in [-0.05, 0) is 33.1 Å². The van der Waals surface area contributed by atoms with Crippen LogP contribution in [0.3, 0.4) is 0 Å². The SMILES string of the molecule is CC.CC.CC(=O)N(C)C1CCC(C)=C(C)C1. The Morgan fingerprint density at radius 2 is 1.59 bits per heavy atom. The lowest BCUT2D eigenvalue weighted by Gasteiger charge is -2.31. The average Bonchev–Trinajstić information content (AvgIpc) is 2.36. The van der Waals surface area contributed by atoms with Crippen molar-refractivity contribution in [3.05, 3.63) is 11.1 Å². The monoisotopic (exact) mass is 241 g/mol. The van der Waals surface area contributed by atoms with Gasteiger partial charge in [0.1, 0.15) is 0 Å². The van der Waals surface area contributed by atoms with Gasteiger partial charge in [0.15, 0.2) is 0 Å². The van der Waals surface area contributed by atoms with Crippen LogP contribution in [0.15, 0.2) is 11.1 Å². The first-order valence-corrected chi connectivity index (χ1v) is 6.91. The van der Waals surface area contributed by atoms with Gasteiger partial charge in [0.05, 0.1) is 0 Å². The van der Waals surface area contributed by atoms with Gasteiger partial charge in [-0.25, -0.2) is 0 Å². The van der Waals surface area contributed by atoms with Gasteiger partial charge in [-0.1, -0.05) is 38.8 Å². The standard InChI is InChI=1S/C11H19NO.2C2H6/c1-8-5-6-11(7-9(8)2)12(4)10(3)13;2*1-2/h11H,5-7H2,1-4H3;2*1-2H3. The van der Waals surface area contributed by atoms with E-state index in [0.717, 1.165) is 19.3 Å². The lowest BCUT2D eigenvalue weighted by Crippen LogP contribution is -2.37. The number of rotatable bonds is 1. The highest BCUT2D eigenvalue weighted by Gasteiger charge is 2.21. The molecule has 2 nitrogen and oxygen atoms in total. The van der Waals surface area contributed by atoms with E-state index >= 15 is 0 Å². The summed E-state index contributed by atoms with van der Waals surface area (Å²) in [6.07, 6.45) is 3.33. The maximum atomic E-state index is 11.1. The summed E-state index contributed by atoms with van der Waals surface area (Å²) < 4.78 is 0. The summed E-state index contributed by atoms with van der Waals surface area (Å²) >= 11 is 0. The predicted octanol–water partition coefficient (Wildman–Crippen LogP) is 4.41. The Balaban J connectivity index is 0. The fraction of sp³-hybridized carbons (Fsp3) is 0.800. The number of amides is 1. The topological polar surface area (TPSA) is 20.3 Å². The zero-order chi connectivity index (χ0) is 14.0. The van der Waals surface area contributed by atoms with Crippen molar-refractivity contribution in [2.75, 3.05) is 7.05 Å². The van der Waals surface area contributed by atoms with Crippen molar-refractivity contribution in [2.24, 2.45) is 0 Å². The molecule has 0 fully saturated rings. The third kappa shape index (κ3) is 6.50. The molecule has 0 aromatic rings. The molecule has 0 N–H and O–H groups in total. The van der Waals surface area contributed by atoms with E-state index in [-0.39, 0.29) is 5.91 Å². The predicted molar refractivity (Wildman–Crippen MR) is 77.2 cm³/mol. The number of carbonyl (C=O) groups excluding carboxylic acids is 1. The lowest BCUT2D eigenvalue weighted by molar-refractivity contribution is -0.129. The van der Waals surface area contributed by atoms with Gasteiger partial charge in [-0.2, -0.15) is 0 Å². The van der Waals surface area contributed by atoms with Crippen molar-refractivity contribution >= 4 is 5.91 Å². The van der Waals surface area contributed by atoms with Crippen LogP contribution in [0.1, 0.15) is 67.7 Å². The van der Waals surface area contributed by atoms with Crippen LogP contribution < -0.4 is 0 Å². The molecule has 0 saturated heterocycles. The van der Waals surface area contributed by atoms with Gasteiger partial charge in [0.2, 0.25) is 5.91 Å². The van der Waals surface area contributed by atoms with E-state index in [0.29, 0.717) is 6.04 Å². The van der Waals surface area contributed by atoms with Crippen LogP contribution in [-0.4, -0.2) is 23.9 Å². The normalized spacial score (nSPS) is 18.5. The smallest absolute Gasteiger partial charge is 0.219 e. The highest BCUT2D eigenvalue weighted by atomic mass is 16.2. The molecule has 102 valence electrons. The molecule has 1 amide bonds. The Labute approximate surface area is 108 Å². The molecule has 1 unspecified atom stereocenters. The van der Waals surface area contributed by atoms with Crippen molar-refractivity contribution in [1.82, 2.24) is 4.90 Å². The summed E-state index contributed by atoms with van der Waals surface area (Å²) in [5.74, 6) is 0.178. The lowest BCUT2D eigenvalue weighted by atomic mass is 9.89. The third-order valence-corrected chi connectivity index (χ3v) is 3.17. The largest absolute Gasteiger partial charge is 0.343 e. The molecular formula is C15H31NO. The van der Waals surface area contributed by atoms with Gasteiger partial charge in [0.25, 0.3) is 0 Å². The third-order valence-electron chi connectivity index (χ3n) is 3.17. The Hall–Kier alpha value is -0.790. The fourth-order valence-electron chi connectivity index (χ4n) is 1.81. The van der Waals surface area contributed by atoms with E-state index in [4.69, 9.17) is 0 Å². The van der Waals surface area contributed by atoms with Crippen LogP contribution in [-0.2, 0) is 4.79 Å². The number of allylic oxidation sites excluding steroid dienone is 1. The molecule has 0 aromatic heterocycles. The van der Waals surface area contributed by atoms with Crippen LogP contribution in [0.2, 0.25) is 0 Å². The van der Waals surface area contributed by atoms with Crippen molar-refractivity contribution in [1.29, 1.82) is 0 Å². The zero-order valence-electron chi connectivity index (χ0n) is 13.1. The van der Waals surface area contributed by atoms with E-state index in [1.54, 1.807) is 6.92 Å². The Kier molecular flexibility index (Phi) is 11.3. The van der Waals surface area contributed by atoms with Crippen molar-refractivity contribution in [2.45, 2.75) is 73.8 Å². The minimum absolute atomic E-state index is 0.178. The van der Waals surface area contributed by atoms with E-state index < -0.39 is 0 Å². The van der Waals surface area contributed by atoms with Gasteiger partial charge in [-0.3, -0.25) is 4.79 Å². The summed E-state index contributed by atoms with van der Waals surface area (Å²) in [5, 5.41) is 0. The molecule has 1 rings (SSSR count). The Bertz CT molecular complexity index is 243. The number of hydrogen-bond acceptors (Lipinski definition) is 1. The Morgan fingerprint density at radius 3 is 1.94 bits per heavy atom. The minimum atomic E-state index is 0.178. The number of hydrogen-bond donors (Lipinski definition) is 0. The number of carbonyl (C=O) groups is 1. The highest BCUT2D eigenvalue weighted by molar-refractivity contribution is 5.73. The van der Waals surface area contributed by atoms with Crippen LogP contribution in [0, 0.1) is 0 Å². The van der Waals surface area contributed by atoms with E-state index in [1.807, 2.05) is 39.6 Å². The molecular weight excluding hydrogens is 210 g/mol. The second-order valence-corrected chi connectivity index (χ2v) is 4.09. The van der Waals surface area contributed by atoms with Gasteiger partial charge < -0.3 is 4.90 Å². The van der Waals surface area contributed by atoms with Crippen LogP contribution in [0.5, 0.6) is 0 Å². The fourth-order valence-corrected chi connectivity index (χ4v) is 1.81. The van der Waals surface area contributed by atoms with Crippen LogP contribution >= 0.6 is 0 Å². The molecule has 2 heteroatoms. The first kappa shape index (κ1) is 18.6. The molecule has 0 heterocycles. The summed E-state index contributed by atoms with van der Waals surface area (Å²) in [4.78, 5) is 13.0. The van der Waals surface area contributed by atoms with Crippen LogP contribution in [0.4, 0.5) is 0 Å². The van der Waals surface area contributed by atoms with E-state index in [2.05, 4.69) is 13.8 Å². The van der Waals surface area contributed by atoms with Crippen molar-refractivity contribution in [3.63, 3.8) is 0 Å². The molecule has 0 spiro atoms. The Morgan fingerprint density at radius 1 is 1.12 bits per heavy atom. The van der Waals surface area contributed by atoms with Gasteiger partial charge in [0, 0.05) is 20.0 Å². The molecule has 17 heavy (non-hydrogen) atoms. The molecule has 0 aliphatic heterocycles. The summed E-state index contributed by atoms with van der Waals surface area (Å²) in [7, 11) is 1.90. The maximum Gasteiger partial charge on any atom is 0.219 e. The van der Waals surface area contributed by atoms with Gasteiger partial charge in [-0.15, -0.1) is 0 Å². The first-order chi connectivity index (χ1) is 8.02. The molecule has 0 bridgehead atoms. The summed E-state index contributed by atoms with van der Waals surface area (Å²) in [6.45, 7) is 14.0. The molecule has 0 saturated carbocycles. The van der Waals surface area contributed by atoms with E-state index in [1.165, 1.54) is 11.1 Å². The molecule has 0 aromatic carbocycles. The quantitative estimate of drug-likeness (QED) is 0.623. The summed E-state index contributed by atoms with van der Waals surface area (Å²) in [5.41, 5.74) is 2.97. The zero-order valence-corrected chi connectivity index (χ0v) is 13.1. The molecule has 1 aliphatic carbocycles. The van der Waals surface area contributed by atoms with Gasteiger partial charge >= 0.3 is 0 Å². The highest BCUT2D eigenvalue weighted by Crippen LogP contribution is 2.26. The number of nitrogens with zero attached hydrogens (tertiary/aromatic N) is 1. The average molecular weight is 241 g/mol. The molecule has 1 aliphatic rings.